The molecule has 1 fully saturated rings. The molecule has 3 rings (SSSR count). The van der Waals surface area contributed by atoms with E-state index >= 15 is 0 Å². The third-order valence-electron chi connectivity index (χ3n) is 3.28. The van der Waals surface area contributed by atoms with Crippen molar-refractivity contribution >= 4 is 40.8 Å². The lowest BCUT2D eigenvalue weighted by Crippen LogP contribution is -2.19. The Morgan fingerprint density at radius 2 is 1.92 bits per heavy atom. The molecule has 0 unspecified atom stereocenters. The fraction of sp³-hybridized carbons (Fsp3) is 0. The van der Waals surface area contributed by atoms with E-state index in [9.17, 15) is 20.0 Å². The number of rotatable bonds is 4. The van der Waals surface area contributed by atoms with Crippen LogP contribution in [-0.4, -0.2) is 27.3 Å². The number of phenolic OH excluding ortho intramolecular Hbond substituents is 1. The maximum atomic E-state index is 12.0. The first-order chi connectivity index (χ1) is 12.5. The number of amides is 1. The zero-order chi connectivity index (χ0) is 18.5. The van der Waals surface area contributed by atoms with Crippen LogP contribution in [0.1, 0.15) is 11.1 Å². The molecule has 2 aromatic carbocycles. The summed E-state index contributed by atoms with van der Waals surface area (Å²) in [5, 5.41) is 30.7. The topological polar surface area (TPSA) is 117 Å². The Morgan fingerprint density at radius 3 is 2.65 bits per heavy atom. The second-order valence-electron chi connectivity index (χ2n) is 5.16. The van der Waals surface area contributed by atoms with Crippen molar-refractivity contribution in [1.82, 2.24) is 5.32 Å². The molecule has 1 heterocycles. The minimum atomic E-state index is -0.489. The normalized spacial score (nSPS) is 17.2. The molecule has 2 N–H and O–H groups in total. The smallest absolute Gasteiger partial charge is 0.270 e. The van der Waals surface area contributed by atoms with Crippen molar-refractivity contribution in [2.24, 2.45) is 10.2 Å². The second-order valence-corrected chi connectivity index (χ2v) is 6.19. The molecule has 1 aliphatic heterocycles. The van der Waals surface area contributed by atoms with E-state index in [1.807, 2.05) is 0 Å². The molecule has 0 aliphatic carbocycles. The SMILES string of the molecule is O=C1NC(=NN=Cc2cccc([N+](=O)[O-])c2)SC1=Cc1ccc(O)cc1. The quantitative estimate of drug-likeness (QED) is 0.372. The molecule has 0 bridgehead atoms. The maximum absolute atomic E-state index is 12.0. The number of amidine groups is 1. The van der Waals surface area contributed by atoms with Crippen LogP contribution in [0.3, 0.4) is 0 Å². The minimum absolute atomic E-state index is 0.0377. The van der Waals surface area contributed by atoms with Gasteiger partial charge in [-0.05, 0) is 35.5 Å². The number of non-ortho nitro benzene ring substituents is 1. The third kappa shape index (κ3) is 4.33. The van der Waals surface area contributed by atoms with E-state index in [-0.39, 0.29) is 17.3 Å². The number of nitro benzene ring substituents is 1. The molecule has 1 aliphatic rings. The van der Waals surface area contributed by atoms with Crippen LogP contribution in [0.2, 0.25) is 0 Å². The van der Waals surface area contributed by atoms with Gasteiger partial charge in [-0.15, -0.1) is 5.10 Å². The zero-order valence-electron chi connectivity index (χ0n) is 13.2. The van der Waals surface area contributed by atoms with Crippen LogP contribution < -0.4 is 5.32 Å². The van der Waals surface area contributed by atoms with Gasteiger partial charge in [0.25, 0.3) is 11.6 Å². The first-order valence-electron chi connectivity index (χ1n) is 7.37. The van der Waals surface area contributed by atoms with Gasteiger partial charge in [-0.1, -0.05) is 24.3 Å². The van der Waals surface area contributed by atoms with Gasteiger partial charge in [-0.3, -0.25) is 20.2 Å². The number of benzene rings is 2. The van der Waals surface area contributed by atoms with Crippen molar-refractivity contribution in [3.05, 3.63) is 74.7 Å². The van der Waals surface area contributed by atoms with Crippen LogP contribution in [0.5, 0.6) is 5.75 Å². The number of carbonyl (C=O) groups is 1. The fourth-order valence-corrected chi connectivity index (χ4v) is 2.84. The van der Waals surface area contributed by atoms with Gasteiger partial charge in [0.15, 0.2) is 5.17 Å². The van der Waals surface area contributed by atoms with Crippen LogP contribution in [0.15, 0.2) is 63.6 Å². The average molecular weight is 368 g/mol. The summed E-state index contributed by atoms with van der Waals surface area (Å²) < 4.78 is 0. The van der Waals surface area contributed by atoms with Crippen molar-refractivity contribution in [2.75, 3.05) is 0 Å². The molecule has 2 aromatic rings. The van der Waals surface area contributed by atoms with E-state index in [1.165, 1.54) is 30.5 Å². The van der Waals surface area contributed by atoms with Gasteiger partial charge < -0.3 is 5.11 Å². The number of nitro groups is 1. The molecule has 8 nitrogen and oxygen atoms in total. The predicted octanol–water partition coefficient (Wildman–Crippen LogP) is 2.89. The summed E-state index contributed by atoms with van der Waals surface area (Å²) in [6, 6.07) is 12.4. The molecular weight excluding hydrogens is 356 g/mol. The molecule has 1 saturated heterocycles. The number of phenols is 1. The summed E-state index contributed by atoms with van der Waals surface area (Å²) in [6.07, 6.45) is 3.04. The van der Waals surface area contributed by atoms with Crippen LogP contribution >= 0.6 is 11.8 Å². The summed E-state index contributed by atoms with van der Waals surface area (Å²) in [7, 11) is 0. The van der Waals surface area contributed by atoms with E-state index in [0.29, 0.717) is 15.6 Å². The van der Waals surface area contributed by atoms with E-state index in [4.69, 9.17) is 0 Å². The monoisotopic (exact) mass is 368 g/mol. The summed E-state index contributed by atoms with van der Waals surface area (Å²) in [6.45, 7) is 0. The largest absolute Gasteiger partial charge is 0.508 e. The van der Waals surface area contributed by atoms with E-state index in [0.717, 1.165) is 17.3 Å². The molecule has 0 radical (unpaired) electrons. The highest BCUT2D eigenvalue weighted by Gasteiger charge is 2.23. The third-order valence-corrected chi connectivity index (χ3v) is 4.18. The lowest BCUT2D eigenvalue weighted by Gasteiger charge is -1.95. The Bertz CT molecular complexity index is 951. The van der Waals surface area contributed by atoms with Gasteiger partial charge in [0, 0.05) is 17.7 Å². The van der Waals surface area contributed by atoms with Crippen LogP contribution in [0, 0.1) is 10.1 Å². The van der Waals surface area contributed by atoms with Crippen molar-refractivity contribution in [3.8, 4) is 5.75 Å². The highest BCUT2D eigenvalue weighted by atomic mass is 32.2. The number of hydrogen-bond donors (Lipinski definition) is 2. The van der Waals surface area contributed by atoms with E-state index in [1.54, 1.807) is 30.3 Å². The Balaban J connectivity index is 1.71. The molecule has 0 saturated carbocycles. The van der Waals surface area contributed by atoms with Gasteiger partial charge in [0.1, 0.15) is 5.75 Å². The summed E-state index contributed by atoms with van der Waals surface area (Å²) in [5.41, 5.74) is 1.25. The van der Waals surface area contributed by atoms with Crippen molar-refractivity contribution in [3.63, 3.8) is 0 Å². The Labute approximate surface area is 152 Å². The number of nitrogens with zero attached hydrogens (tertiary/aromatic N) is 3. The highest BCUT2D eigenvalue weighted by Crippen LogP contribution is 2.26. The summed E-state index contributed by atoms with van der Waals surface area (Å²) in [4.78, 5) is 22.6. The number of thioether (sulfide) groups is 1. The standard InChI is InChI=1S/C17H12N4O4S/c22-14-6-4-11(5-7-14)9-15-16(23)19-17(26-15)20-18-10-12-2-1-3-13(8-12)21(24)25/h1-10,22H,(H,19,20,23). The molecular formula is C17H12N4O4S. The van der Waals surface area contributed by atoms with Gasteiger partial charge >= 0.3 is 0 Å². The lowest BCUT2D eigenvalue weighted by atomic mass is 10.2. The Hall–Kier alpha value is -3.46. The van der Waals surface area contributed by atoms with Gasteiger partial charge in [-0.2, -0.15) is 5.10 Å². The van der Waals surface area contributed by atoms with Crippen molar-refractivity contribution < 1.29 is 14.8 Å². The first kappa shape index (κ1) is 17.4. The molecule has 0 spiro atoms. The van der Waals surface area contributed by atoms with Crippen LogP contribution in [-0.2, 0) is 4.79 Å². The number of nitrogens with one attached hydrogen (secondary N) is 1. The minimum Gasteiger partial charge on any atom is -0.508 e. The summed E-state index contributed by atoms with van der Waals surface area (Å²) in [5.74, 6) is -0.152. The van der Waals surface area contributed by atoms with Crippen molar-refractivity contribution in [2.45, 2.75) is 0 Å². The molecule has 0 atom stereocenters. The first-order valence-corrected chi connectivity index (χ1v) is 8.18. The van der Waals surface area contributed by atoms with E-state index in [2.05, 4.69) is 15.5 Å². The molecule has 26 heavy (non-hydrogen) atoms. The Kier molecular flexibility index (Phi) is 5.09. The predicted molar refractivity (Wildman–Crippen MR) is 99.9 cm³/mol. The number of hydrogen-bond acceptors (Lipinski definition) is 7. The van der Waals surface area contributed by atoms with Gasteiger partial charge in [-0.25, -0.2) is 0 Å². The van der Waals surface area contributed by atoms with Crippen LogP contribution in [0.25, 0.3) is 6.08 Å². The molecule has 130 valence electrons. The van der Waals surface area contributed by atoms with Gasteiger partial charge in [0.05, 0.1) is 16.0 Å². The lowest BCUT2D eigenvalue weighted by molar-refractivity contribution is -0.384. The van der Waals surface area contributed by atoms with Crippen LogP contribution in [0.4, 0.5) is 5.69 Å². The van der Waals surface area contributed by atoms with E-state index < -0.39 is 4.92 Å². The maximum Gasteiger partial charge on any atom is 0.270 e. The second kappa shape index (κ2) is 7.62. The van der Waals surface area contributed by atoms with Gasteiger partial charge in [0.2, 0.25) is 0 Å². The number of carbonyl (C=O) groups excluding carboxylic acids is 1. The summed E-state index contributed by atoms with van der Waals surface area (Å²) >= 11 is 1.13. The molecule has 9 heteroatoms. The number of aromatic hydroxyl groups is 1. The fourth-order valence-electron chi connectivity index (χ4n) is 2.06. The van der Waals surface area contributed by atoms with Crippen molar-refractivity contribution in [1.29, 1.82) is 0 Å². The zero-order valence-corrected chi connectivity index (χ0v) is 14.0. The Morgan fingerprint density at radius 1 is 1.15 bits per heavy atom. The highest BCUT2D eigenvalue weighted by molar-refractivity contribution is 8.18. The molecule has 1 amide bonds. The average Bonchev–Trinajstić information content (AvgIpc) is 2.97. The molecule has 0 aromatic heterocycles.